The average Bonchev–Trinajstić information content (AvgIpc) is 2.41. The fraction of sp³-hybridized carbons (Fsp3) is 1.00. The fourth-order valence-electron chi connectivity index (χ4n) is 0.930. The molecule has 0 amide bonds. The highest BCUT2D eigenvalue weighted by Gasteiger charge is 2.32. The van der Waals surface area contributed by atoms with Gasteiger partial charge in [-0.05, 0) is 0 Å². The van der Waals surface area contributed by atoms with Crippen molar-refractivity contribution in [1.29, 1.82) is 0 Å². The Morgan fingerprint density at radius 2 is 0.765 bits per heavy atom. The average molecular weight is 365 g/mol. The third-order valence-electron chi connectivity index (χ3n) is 2.52. The standard InChI is InChI=1S/C10H16Cl6O/c11-1-9(2-12,3-13)7-17-8-10(4-14,5-15)6-16/h1-8H2. The van der Waals surface area contributed by atoms with Crippen LogP contribution in [-0.4, -0.2) is 48.5 Å². The second kappa shape index (κ2) is 9.58. The van der Waals surface area contributed by atoms with Crippen LogP contribution in [0.2, 0.25) is 0 Å². The first-order chi connectivity index (χ1) is 8.07. The van der Waals surface area contributed by atoms with Gasteiger partial charge >= 0.3 is 0 Å². The number of alkyl halides is 6. The van der Waals surface area contributed by atoms with E-state index in [-0.39, 0.29) is 0 Å². The summed E-state index contributed by atoms with van der Waals surface area (Å²) in [5.74, 6) is 2.06. The van der Waals surface area contributed by atoms with E-state index >= 15 is 0 Å². The van der Waals surface area contributed by atoms with Gasteiger partial charge in [0.15, 0.2) is 0 Å². The van der Waals surface area contributed by atoms with Crippen LogP contribution in [0.1, 0.15) is 0 Å². The van der Waals surface area contributed by atoms with Crippen LogP contribution in [0.5, 0.6) is 0 Å². The van der Waals surface area contributed by atoms with E-state index in [4.69, 9.17) is 74.3 Å². The maximum absolute atomic E-state index is 5.85. The molecule has 0 aliphatic rings. The summed E-state index contributed by atoms with van der Waals surface area (Å²) in [6, 6.07) is 0. The quantitative estimate of drug-likeness (QED) is 0.522. The van der Waals surface area contributed by atoms with Crippen LogP contribution >= 0.6 is 69.6 Å². The smallest absolute Gasteiger partial charge is 0.0557 e. The van der Waals surface area contributed by atoms with Gasteiger partial charge in [0.1, 0.15) is 0 Å². The van der Waals surface area contributed by atoms with Crippen molar-refractivity contribution >= 4 is 69.6 Å². The predicted octanol–water partition coefficient (Wildman–Crippen LogP) is 4.41. The van der Waals surface area contributed by atoms with Gasteiger partial charge in [-0.25, -0.2) is 0 Å². The highest BCUT2D eigenvalue weighted by molar-refractivity contribution is 6.24. The Kier molecular flexibility index (Phi) is 10.5. The molecule has 0 radical (unpaired) electrons. The molecule has 17 heavy (non-hydrogen) atoms. The molecule has 0 aromatic heterocycles. The lowest BCUT2D eigenvalue weighted by molar-refractivity contribution is 0.0341. The number of ether oxygens (including phenoxy) is 1. The summed E-state index contributed by atoms with van der Waals surface area (Å²) < 4.78 is 5.60. The van der Waals surface area contributed by atoms with Crippen LogP contribution in [-0.2, 0) is 4.74 Å². The van der Waals surface area contributed by atoms with Gasteiger partial charge in [0, 0.05) is 46.1 Å². The van der Waals surface area contributed by atoms with Crippen molar-refractivity contribution in [3.8, 4) is 0 Å². The second-order valence-electron chi connectivity index (χ2n) is 4.29. The van der Waals surface area contributed by atoms with Crippen LogP contribution in [0.15, 0.2) is 0 Å². The molecule has 7 heteroatoms. The predicted molar refractivity (Wildman–Crippen MR) is 80.0 cm³/mol. The van der Waals surface area contributed by atoms with Crippen molar-refractivity contribution < 1.29 is 4.74 Å². The minimum Gasteiger partial charge on any atom is -0.380 e. The Labute approximate surface area is 133 Å². The van der Waals surface area contributed by atoms with Gasteiger partial charge in [0.25, 0.3) is 0 Å². The molecule has 0 fully saturated rings. The Balaban J connectivity index is 4.28. The van der Waals surface area contributed by atoms with Gasteiger partial charge in [-0.1, -0.05) is 0 Å². The van der Waals surface area contributed by atoms with E-state index in [1.54, 1.807) is 0 Å². The SMILES string of the molecule is ClCC(CCl)(CCl)COCC(CCl)(CCl)CCl. The highest BCUT2D eigenvalue weighted by Crippen LogP contribution is 2.27. The third kappa shape index (κ3) is 5.69. The van der Waals surface area contributed by atoms with Crippen LogP contribution in [0.4, 0.5) is 0 Å². The number of hydrogen-bond acceptors (Lipinski definition) is 1. The monoisotopic (exact) mass is 362 g/mol. The van der Waals surface area contributed by atoms with Gasteiger partial charge in [-0.3, -0.25) is 0 Å². The molecule has 0 N–H and O–H groups in total. The minimum atomic E-state index is -0.415. The van der Waals surface area contributed by atoms with Crippen molar-refractivity contribution in [2.45, 2.75) is 0 Å². The van der Waals surface area contributed by atoms with Crippen LogP contribution in [0.25, 0.3) is 0 Å². The number of rotatable bonds is 10. The number of halogens is 6. The molecule has 104 valence electrons. The van der Waals surface area contributed by atoms with Gasteiger partial charge in [0.05, 0.1) is 13.2 Å². The minimum absolute atomic E-state index is 0.343. The molecule has 0 heterocycles. The van der Waals surface area contributed by atoms with Crippen LogP contribution in [0.3, 0.4) is 0 Å². The lowest BCUT2D eigenvalue weighted by atomic mass is 9.95. The summed E-state index contributed by atoms with van der Waals surface area (Å²) in [5, 5.41) is 0. The Morgan fingerprint density at radius 1 is 0.529 bits per heavy atom. The van der Waals surface area contributed by atoms with Crippen molar-refractivity contribution in [2.75, 3.05) is 48.5 Å². The molecule has 0 saturated heterocycles. The molecule has 0 bridgehead atoms. The van der Waals surface area contributed by atoms with E-state index in [0.717, 1.165) is 0 Å². The normalized spacial score (nSPS) is 13.1. The zero-order valence-corrected chi connectivity index (χ0v) is 13.9. The summed E-state index contributed by atoms with van der Waals surface area (Å²) in [7, 11) is 0. The third-order valence-corrected chi connectivity index (χ3v) is 5.92. The summed E-state index contributed by atoms with van der Waals surface area (Å²) >= 11 is 35.1. The van der Waals surface area contributed by atoms with E-state index in [2.05, 4.69) is 0 Å². The van der Waals surface area contributed by atoms with Crippen molar-refractivity contribution in [1.82, 2.24) is 0 Å². The first-order valence-electron chi connectivity index (χ1n) is 5.01. The summed E-state index contributed by atoms with van der Waals surface area (Å²) in [4.78, 5) is 0. The zero-order valence-electron chi connectivity index (χ0n) is 9.33. The maximum atomic E-state index is 5.85. The summed E-state index contributed by atoms with van der Waals surface area (Å²) in [5.41, 5.74) is -0.831. The van der Waals surface area contributed by atoms with E-state index in [9.17, 15) is 0 Å². The van der Waals surface area contributed by atoms with Crippen LogP contribution < -0.4 is 0 Å². The molecular weight excluding hydrogens is 349 g/mol. The molecular formula is C10H16Cl6O. The Bertz CT molecular complexity index is 157. The molecule has 0 saturated carbocycles. The molecule has 0 aromatic carbocycles. The Morgan fingerprint density at radius 3 is 0.941 bits per heavy atom. The van der Waals surface area contributed by atoms with Crippen molar-refractivity contribution in [3.63, 3.8) is 0 Å². The van der Waals surface area contributed by atoms with E-state index in [1.165, 1.54) is 0 Å². The first-order valence-corrected chi connectivity index (χ1v) is 8.22. The largest absolute Gasteiger partial charge is 0.380 e. The zero-order chi connectivity index (χ0) is 13.4. The molecule has 0 aliphatic heterocycles. The summed E-state index contributed by atoms with van der Waals surface area (Å²) in [6.07, 6.45) is 0. The van der Waals surface area contributed by atoms with Gasteiger partial charge < -0.3 is 4.74 Å². The summed E-state index contributed by atoms with van der Waals surface area (Å²) in [6.45, 7) is 0.742. The van der Waals surface area contributed by atoms with E-state index < -0.39 is 10.8 Å². The first kappa shape index (κ1) is 18.7. The van der Waals surface area contributed by atoms with Crippen molar-refractivity contribution in [3.05, 3.63) is 0 Å². The molecule has 0 aromatic rings. The highest BCUT2D eigenvalue weighted by atomic mass is 35.5. The molecule has 0 atom stereocenters. The lowest BCUT2D eigenvalue weighted by Crippen LogP contribution is -2.38. The van der Waals surface area contributed by atoms with Crippen LogP contribution in [0, 0.1) is 10.8 Å². The second-order valence-corrected chi connectivity index (χ2v) is 5.90. The van der Waals surface area contributed by atoms with E-state index in [0.29, 0.717) is 48.5 Å². The Hall–Kier alpha value is 1.70. The van der Waals surface area contributed by atoms with Crippen molar-refractivity contribution in [2.24, 2.45) is 10.8 Å². The molecule has 0 unspecified atom stereocenters. The molecule has 0 rings (SSSR count). The molecule has 1 nitrogen and oxygen atoms in total. The molecule has 0 aliphatic carbocycles. The number of hydrogen-bond donors (Lipinski definition) is 0. The van der Waals surface area contributed by atoms with Gasteiger partial charge in [-0.2, -0.15) is 0 Å². The maximum Gasteiger partial charge on any atom is 0.0557 e. The van der Waals surface area contributed by atoms with E-state index in [1.807, 2.05) is 0 Å². The molecule has 0 spiro atoms. The van der Waals surface area contributed by atoms with Gasteiger partial charge in [-0.15, -0.1) is 69.6 Å². The fourth-order valence-corrected chi connectivity index (χ4v) is 3.11. The lowest BCUT2D eigenvalue weighted by Gasteiger charge is -2.31. The van der Waals surface area contributed by atoms with Gasteiger partial charge in [0.2, 0.25) is 0 Å². The topological polar surface area (TPSA) is 9.23 Å².